The molecule has 2 aromatic rings. The van der Waals surface area contributed by atoms with Crippen molar-refractivity contribution in [3.8, 4) is 11.1 Å². The molecule has 2 aromatic carbocycles. The maximum atomic E-state index is 12.7. The fraction of sp³-hybridized carbons (Fsp3) is 0.417. The van der Waals surface area contributed by atoms with Gasteiger partial charge in [-0.3, -0.25) is 4.79 Å². The fourth-order valence-electron chi connectivity index (χ4n) is 4.00. The molecule has 0 aliphatic heterocycles. The van der Waals surface area contributed by atoms with Crippen LogP contribution in [0.15, 0.2) is 48.5 Å². The smallest absolute Gasteiger partial charge is 0.331 e. The number of esters is 1. The molecule has 1 amide bonds. The van der Waals surface area contributed by atoms with E-state index in [1.807, 2.05) is 36.4 Å². The van der Waals surface area contributed by atoms with Gasteiger partial charge in [0.2, 0.25) is 5.91 Å². The van der Waals surface area contributed by atoms with Crippen molar-refractivity contribution in [1.82, 2.24) is 5.32 Å². The van der Waals surface area contributed by atoms with Gasteiger partial charge in [-0.25, -0.2) is 4.79 Å². The van der Waals surface area contributed by atoms with Crippen molar-refractivity contribution in [2.45, 2.75) is 57.9 Å². The highest BCUT2D eigenvalue weighted by molar-refractivity contribution is 5.89. The molecule has 1 aliphatic rings. The van der Waals surface area contributed by atoms with Crippen LogP contribution in [0, 0.1) is 6.92 Å². The molecule has 4 nitrogen and oxygen atoms in total. The van der Waals surface area contributed by atoms with Crippen molar-refractivity contribution in [1.29, 1.82) is 0 Å². The average Bonchev–Trinajstić information content (AvgIpc) is 2.70. The Kier molecular flexibility index (Phi) is 6.50. The number of rotatable bonds is 6. The first-order chi connectivity index (χ1) is 13.5. The number of amides is 1. The second-order valence-corrected chi connectivity index (χ2v) is 7.60. The zero-order chi connectivity index (χ0) is 20.0. The maximum Gasteiger partial charge on any atom is 0.331 e. The molecular weight excluding hydrogens is 350 g/mol. The van der Waals surface area contributed by atoms with Gasteiger partial charge in [0.05, 0.1) is 13.0 Å². The Morgan fingerprint density at radius 1 is 1.00 bits per heavy atom. The standard InChI is InChI=1S/C24H29NO3/c1-3-28-23(27)24(15-7-4-8-16-24)25-22(26)17-19-11-13-20(14-12-19)21-10-6-5-9-18(21)2/h5-6,9-14H,3-4,7-8,15-17H2,1-2H3,(H,25,26). The Balaban J connectivity index is 1.68. The van der Waals surface area contributed by atoms with Gasteiger partial charge in [0.25, 0.3) is 0 Å². The maximum absolute atomic E-state index is 12.7. The van der Waals surface area contributed by atoms with E-state index in [2.05, 4.69) is 24.4 Å². The molecule has 1 N–H and O–H groups in total. The normalized spacial score (nSPS) is 15.6. The van der Waals surface area contributed by atoms with Crippen LogP contribution in [0.25, 0.3) is 11.1 Å². The number of ether oxygens (including phenoxy) is 1. The van der Waals surface area contributed by atoms with E-state index in [1.165, 1.54) is 11.1 Å². The van der Waals surface area contributed by atoms with Gasteiger partial charge < -0.3 is 10.1 Å². The van der Waals surface area contributed by atoms with Crippen molar-refractivity contribution in [3.05, 3.63) is 59.7 Å². The van der Waals surface area contributed by atoms with E-state index in [9.17, 15) is 9.59 Å². The van der Waals surface area contributed by atoms with Crippen molar-refractivity contribution in [3.63, 3.8) is 0 Å². The van der Waals surface area contributed by atoms with E-state index in [4.69, 9.17) is 4.74 Å². The monoisotopic (exact) mass is 379 g/mol. The lowest BCUT2D eigenvalue weighted by Gasteiger charge is -2.35. The third-order valence-electron chi connectivity index (χ3n) is 5.53. The van der Waals surface area contributed by atoms with Gasteiger partial charge in [-0.1, -0.05) is 67.8 Å². The molecular formula is C24H29NO3. The quantitative estimate of drug-likeness (QED) is 0.747. The van der Waals surface area contributed by atoms with E-state index < -0.39 is 5.54 Å². The minimum absolute atomic E-state index is 0.126. The first-order valence-corrected chi connectivity index (χ1v) is 10.2. The van der Waals surface area contributed by atoms with E-state index >= 15 is 0 Å². The molecule has 148 valence electrons. The van der Waals surface area contributed by atoms with Crippen LogP contribution in [0.3, 0.4) is 0 Å². The number of hydrogen-bond donors (Lipinski definition) is 1. The van der Waals surface area contributed by atoms with Crippen molar-refractivity contribution >= 4 is 11.9 Å². The number of aryl methyl sites for hydroxylation is 1. The minimum atomic E-state index is -0.855. The van der Waals surface area contributed by atoms with Crippen LogP contribution in [0.4, 0.5) is 0 Å². The molecule has 1 aliphatic carbocycles. The third-order valence-corrected chi connectivity index (χ3v) is 5.53. The van der Waals surface area contributed by atoms with Crippen LogP contribution < -0.4 is 5.32 Å². The number of carbonyl (C=O) groups is 2. The fourth-order valence-corrected chi connectivity index (χ4v) is 4.00. The lowest BCUT2D eigenvalue weighted by molar-refractivity contribution is -0.155. The van der Waals surface area contributed by atoms with Crippen molar-refractivity contribution in [2.24, 2.45) is 0 Å². The van der Waals surface area contributed by atoms with Crippen LogP contribution in [-0.2, 0) is 20.7 Å². The first-order valence-electron chi connectivity index (χ1n) is 10.2. The van der Waals surface area contributed by atoms with Gasteiger partial charge in [0, 0.05) is 0 Å². The highest BCUT2D eigenvalue weighted by Crippen LogP contribution is 2.30. The molecule has 0 atom stereocenters. The topological polar surface area (TPSA) is 55.4 Å². The summed E-state index contributed by atoms with van der Waals surface area (Å²) in [7, 11) is 0. The van der Waals surface area contributed by atoms with Gasteiger partial charge in [-0.15, -0.1) is 0 Å². The lowest BCUT2D eigenvalue weighted by atomic mass is 9.81. The lowest BCUT2D eigenvalue weighted by Crippen LogP contribution is -2.56. The Morgan fingerprint density at radius 3 is 2.32 bits per heavy atom. The van der Waals surface area contributed by atoms with Gasteiger partial charge in [0.15, 0.2) is 0 Å². The minimum Gasteiger partial charge on any atom is -0.464 e. The first kappa shape index (κ1) is 20.1. The van der Waals surface area contributed by atoms with Gasteiger partial charge in [-0.05, 0) is 48.9 Å². The Morgan fingerprint density at radius 2 is 1.68 bits per heavy atom. The summed E-state index contributed by atoms with van der Waals surface area (Å²) in [5, 5.41) is 3.01. The zero-order valence-corrected chi connectivity index (χ0v) is 16.8. The summed E-state index contributed by atoms with van der Waals surface area (Å²) in [5.41, 5.74) is 3.64. The summed E-state index contributed by atoms with van der Waals surface area (Å²) in [6.07, 6.45) is 4.54. The molecule has 0 spiro atoms. The molecule has 1 fully saturated rings. The molecule has 0 radical (unpaired) electrons. The molecule has 28 heavy (non-hydrogen) atoms. The second kappa shape index (κ2) is 9.05. The average molecular weight is 380 g/mol. The number of hydrogen-bond acceptors (Lipinski definition) is 3. The molecule has 0 aromatic heterocycles. The van der Waals surface area contributed by atoms with Crippen LogP contribution in [-0.4, -0.2) is 24.0 Å². The Bertz CT molecular complexity index is 820. The summed E-state index contributed by atoms with van der Waals surface area (Å²) >= 11 is 0. The van der Waals surface area contributed by atoms with Gasteiger partial charge in [0.1, 0.15) is 5.54 Å². The number of nitrogens with one attached hydrogen (secondary N) is 1. The van der Waals surface area contributed by atoms with Crippen LogP contribution in [0.1, 0.15) is 50.2 Å². The van der Waals surface area contributed by atoms with Crippen LogP contribution in [0.2, 0.25) is 0 Å². The van der Waals surface area contributed by atoms with Crippen LogP contribution >= 0.6 is 0 Å². The van der Waals surface area contributed by atoms with E-state index in [-0.39, 0.29) is 18.3 Å². The largest absolute Gasteiger partial charge is 0.464 e. The molecule has 0 bridgehead atoms. The third kappa shape index (κ3) is 4.61. The zero-order valence-electron chi connectivity index (χ0n) is 16.8. The van der Waals surface area contributed by atoms with Gasteiger partial charge >= 0.3 is 5.97 Å². The number of carbonyl (C=O) groups excluding carboxylic acids is 2. The molecule has 4 heteroatoms. The Hall–Kier alpha value is -2.62. The number of benzene rings is 2. The van der Waals surface area contributed by atoms with Crippen molar-refractivity contribution in [2.75, 3.05) is 6.61 Å². The SMILES string of the molecule is CCOC(=O)C1(NC(=O)Cc2ccc(-c3ccccc3C)cc2)CCCCC1. The molecule has 0 heterocycles. The summed E-state index contributed by atoms with van der Waals surface area (Å²) in [6, 6.07) is 16.3. The van der Waals surface area contributed by atoms with Gasteiger partial charge in [-0.2, -0.15) is 0 Å². The summed E-state index contributed by atoms with van der Waals surface area (Å²) in [4.78, 5) is 25.2. The Labute approximate surface area is 167 Å². The van der Waals surface area contributed by atoms with Crippen molar-refractivity contribution < 1.29 is 14.3 Å². The highest BCUT2D eigenvalue weighted by Gasteiger charge is 2.42. The predicted molar refractivity (Wildman–Crippen MR) is 111 cm³/mol. The van der Waals surface area contributed by atoms with E-state index in [1.54, 1.807) is 6.92 Å². The highest BCUT2D eigenvalue weighted by atomic mass is 16.5. The second-order valence-electron chi connectivity index (χ2n) is 7.60. The van der Waals surface area contributed by atoms with E-state index in [0.29, 0.717) is 19.4 Å². The molecule has 3 rings (SSSR count). The summed E-state index contributed by atoms with van der Waals surface area (Å²) in [5.74, 6) is -0.420. The molecule has 1 saturated carbocycles. The molecule has 0 unspecified atom stereocenters. The summed E-state index contributed by atoms with van der Waals surface area (Å²) < 4.78 is 5.26. The molecule has 0 saturated heterocycles. The predicted octanol–water partition coefficient (Wildman–Crippen LogP) is 4.59. The van der Waals surface area contributed by atoms with Crippen LogP contribution in [0.5, 0.6) is 0 Å². The van der Waals surface area contributed by atoms with E-state index in [0.717, 1.165) is 30.4 Å². The summed E-state index contributed by atoms with van der Waals surface area (Å²) in [6.45, 7) is 4.22.